The molecule has 1 saturated carbocycles. The second-order valence-electron chi connectivity index (χ2n) is 9.56. The number of nitrogen functional groups attached to an aromatic ring is 1. The van der Waals surface area contributed by atoms with E-state index in [0.29, 0.717) is 19.3 Å². The minimum Gasteiger partial charge on any atom is -0.383 e. The highest BCUT2D eigenvalue weighted by Gasteiger charge is 2.62. The number of nitrogens with two attached hydrogens (primary N) is 1. The van der Waals surface area contributed by atoms with Gasteiger partial charge in [0.05, 0.1) is 17.1 Å². The normalized spacial score (nSPS) is 19.6. The molecule has 0 radical (unpaired) electrons. The van der Waals surface area contributed by atoms with Gasteiger partial charge in [0.2, 0.25) is 5.91 Å². The smallest absolute Gasteiger partial charge is 0.383 e. The number of carbonyl (C=O) groups is 2. The van der Waals surface area contributed by atoms with E-state index >= 15 is 0 Å². The molecule has 1 fully saturated rings. The fraction of sp³-hybridized carbons (Fsp3) is 0.522. The van der Waals surface area contributed by atoms with E-state index in [1.807, 2.05) is 6.92 Å². The van der Waals surface area contributed by atoms with Crippen LogP contribution in [0.1, 0.15) is 50.4 Å². The summed E-state index contributed by atoms with van der Waals surface area (Å²) in [6.45, 7) is 1.83. The van der Waals surface area contributed by atoms with Crippen LogP contribution in [0, 0.1) is 5.92 Å². The van der Waals surface area contributed by atoms with Gasteiger partial charge in [-0.15, -0.1) is 0 Å². The van der Waals surface area contributed by atoms with Crippen LogP contribution in [0.15, 0.2) is 6.20 Å². The van der Waals surface area contributed by atoms with Crippen molar-refractivity contribution in [2.24, 2.45) is 13.0 Å². The van der Waals surface area contributed by atoms with Gasteiger partial charge in [-0.2, -0.15) is 27.1 Å². The maximum Gasteiger partial charge on any atom is 0.453 e. The van der Waals surface area contributed by atoms with Crippen molar-refractivity contribution in [3.05, 3.63) is 17.6 Å². The van der Waals surface area contributed by atoms with Gasteiger partial charge in [-0.1, -0.05) is 6.92 Å². The molecule has 15 heteroatoms. The molecule has 2 aliphatic rings. The van der Waals surface area contributed by atoms with Gasteiger partial charge in [0.15, 0.2) is 17.3 Å². The molecule has 5 rings (SSSR count). The van der Waals surface area contributed by atoms with E-state index < -0.39 is 36.3 Å². The van der Waals surface area contributed by atoms with E-state index in [1.54, 1.807) is 0 Å². The van der Waals surface area contributed by atoms with Gasteiger partial charge in [0, 0.05) is 26.3 Å². The molecule has 1 aliphatic carbocycles. The largest absolute Gasteiger partial charge is 0.453 e. The summed E-state index contributed by atoms with van der Waals surface area (Å²) >= 11 is 0. The zero-order valence-corrected chi connectivity index (χ0v) is 20.4. The highest BCUT2D eigenvalue weighted by molar-refractivity contribution is 6.22. The molecule has 1 atom stereocenters. The Balaban J connectivity index is 1.61. The molecule has 3 aromatic rings. The molecule has 3 aromatic heterocycles. The van der Waals surface area contributed by atoms with Crippen molar-refractivity contribution in [2.75, 3.05) is 11.1 Å². The first-order chi connectivity index (χ1) is 17.8. The Hall–Kier alpha value is -3.78. The molecule has 38 heavy (non-hydrogen) atoms. The number of amides is 1. The number of nitrogens with one attached hydrogen (secondary N) is 1. The predicted molar refractivity (Wildman–Crippen MR) is 124 cm³/mol. The fourth-order valence-electron chi connectivity index (χ4n) is 4.97. The number of anilines is 2. The molecule has 0 saturated heterocycles. The lowest BCUT2D eigenvalue weighted by Crippen LogP contribution is -2.45. The Labute approximate surface area is 212 Å². The van der Waals surface area contributed by atoms with Crippen molar-refractivity contribution in [2.45, 2.75) is 63.0 Å². The SMILES string of the molecule is CCCC(=O)C1(C2CC2)C(=O)Nc2nc(-c3nc(CCC(F)(F)C(F)(F)F)nc4c3cnn4C)nc(N)c21. The zero-order valence-electron chi connectivity index (χ0n) is 20.4. The van der Waals surface area contributed by atoms with E-state index in [4.69, 9.17) is 5.73 Å². The summed E-state index contributed by atoms with van der Waals surface area (Å²) in [5.74, 6) is -6.49. The van der Waals surface area contributed by atoms with Crippen LogP contribution < -0.4 is 11.1 Å². The number of aromatic nitrogens is 6. The first-order valence-electron chi connectivity index (χ1n) is 12.0. The number of Topliss-reactive ketones (excluding diaryl/α,β-unsaturated/α-hetero) is 1. The van der Waals surface area contributed by atoms with Crippen LogP contribution >= 0.6 is 0 Å². The van der Waals surface area contributed by atoms with Gasteiger partial charge < -0.3 is 11.1 Å². The lowest BCUT2D eigenvalue weighted by molar-refractivity contribution is -0.284. The molecule has 1 amide bonds. The molecule has 4 heterocycles. The zero-order chi connectivity index (χ0) is 27.6. The molecule has 0 aromatic carbocycles. The summed E-state index contributed by atoms with van der Waals surface area (Å²) in [7, 11) is 1.51. The van der Waals surface area contributed by atoms with Crippen LogP contribution in [-0.2, 0) is 28.5 Å². The Bertz CT molecular complexity index is 1470. The maximum atomic E-state index is 13.6. The Morgan fingerprint density at radius 2 is 1.89 bits per heavy atom. The van der Waals surface area contributed by atoms with Crippen molar-refractivity contribution in [1.82, 2.24) is 29.7 Å². The van der Waals surface area contributed by atoms with Crippen molar-refractivity contribution < 1.29 is 31.5 Å². The molecular weight excluding hydrogens is 515 g/mol. The van der Waals surface area contributed by atoms with Crippen LogP contribution in [0.4, 0.5) is 33.6 Å². The number of rotatable bonds is 8. The van der Waals surface area contributed by atoms with Gasteiger partial charge in [0.1, 0.15) is 28.6 Å². The Morgan fingerprint density at radius 3 is 2.53 bits per heavy atom. The summed E-state index contributed by atoms with van der Waals surface area (Å²) in [5.41, 5.74) is 5.17. The van der Waals surface area contributed by atoms with Crippen LogP contribution in [0.25, 0.3) is 22.6 Å². The number of fused-ring (bicyclic) bond motifs is 2. The van der Waals surface area contributed by atoms with E-state index in [0.717, 1.165) is 0 Å². The van der Waals surface area contributed by atoms with Crippen molar-refractivity contribution in [1.29, 1.82) is 0 Å². The molecule has 3 N–H and O–H groups in total. The minimum atomic E-state index is -5.72. The lowest BCUT2D eigenvalue weighted by Gasteiger charge is -2.26. The number of hydrogen-bond donors (Lipinski definition) is 2. The molecule has 0 spiro atoms. The summed E-state index contributed by atoms with van der Waals surface area (Å²) in [5, 5.41) is 7.00. The van der Waals surface area contributed by atoms with Gasteiger partial charge in [-0.05, 0) is 25.2 Å². The predicted octanol–water partition coefficient (Wildman–Crippen LogP) is 3.50. The highest BCUT2D eigenvalue weighted by atomic mass is 19.4. The number of halogens is 5. The first-order valence-corrected chi connectivity index (χ1v) is 12.0. The van der Waals surface area contributed by atoms with E-state index in [1.165, 1.54) is 17.9 Å². The molecule has 202 valence electrons. The minimum absolute atomic E-state index is 0.0130. The monoisotopic (exact) mass is 538 g/mol. The number of carbonyl (C=O) groups excluding carboxylic acids is 2. The second kappa shape index (κ2) is 8.63. The quantitative estimate of drug-likeness (QED) is 0.328. The third-order valence-corrected chi connectivity index (χ3v) is 6.96. The Kier molecular flexibility index (Phi) is 5.87. The van der Waals surface area contributed by atoms with Crippen LogP contribution in [-0.4, -0.2) is 53.5 Å². The van der Waals surface area contributed by atoms with Gasteiger partial charge >= 0.3 is 12.1 Å². The van der Waals surface area contributed by atoms with Crippen LogP contribution in [0.5, 0.6) is 0 Å². The second-order valence-corrected chi connectivity index (χ2v) is 9.56. The number of alkyl halides is 5. The molecular formula is C23H23F5N8O2. The average Bonchev–Trinajstić information content (AvgIpc) is 3.55. The Morgan fingerprint density at radius 1 is 1.18 bits per heavy atom. The third-order valence-electron chi connectivity index (χ3n) is 6.96. The average molecular weight is 538 g/mol. The van der Waals surface area contributed by atoms with E-state index in [-0.39, 0.29) is 63.7 Å². The summed E-state index contributed by atoms with van der Waals surface area (Å²) in [4.78, 5) is 43.4. The summed E-state index contributed by atoms with van der Waals surface area (Å²) in [6, 6.07) is 0. The highest BCUT2D eigenvalue weighted by Crippen LogP contribution is 2.55. The molecule has 0 bridgehead atoms. The fourth-order valence-corrected chi connectivity index (χ4v) is 4.97. The first kappa shape index (κ1) is 25.9. The van der Waals surface area contributed by atoms with Crippen molar-refractivity contribution >= 4 is 34.4 Å². The molecule has 1 unspecified atom stereocenters. The maximum absolute atomic E-state index is 13.6. The topological polar surface area (TPSA) is 142 Å². The lowest BCUT2D eigenvalue weighted by atomic mass is 9.72. The molecule has 1 aliphatic heterocycles. The summed E-state index contributed by atoms with van der Waals surface area (Å²) in [6.07, 6.45) is -4.69. The van der Waals surface area contributed by atoms with Crippen LogP contribution in [0.2, 0.25) is 0 Å². The van der Waals surface area contributed by atoms with Crippen molar-refractivity contribution in [3.8, 4) is 11.5 Å². The number of ketones is 1. The van der Waals surface area contributed by atoms with Crippen LogP contribution in [0.3, 0.4) is 0 Å². The van der Waals surface area contributed by atoms with Gasteiger partial charge in [0.25, 0.3) is 0 Å². The standard InChI is InChI=1S/C23H23F5N8O2/c1-3-4-12(37)22(10-5-6-10)14-16(29)33-18(34-17(14)35-20(22)38)15-11-9-30-36(2)19(11)32-13(31-15)7-8-21(24,25)23(26,27)28/h9-10H,3-8H2,1-2H3,(H3,29,33,34,35,38). The summed E-state index contributed by atoms with van der Waals surface area (Å²) < 4.78 is 66.5. The van der Waals surface area contributed by atoms with Gasteiger partial charge in [-0.25, -0.2) is 19.9 Å². The molecule has 10 nitrogen and oxygen atoms in total. The van der Waals surface area contributed by atoms with Crippen molar-refractivity contribution in [3.63, 3.8) is 0 Å². The van der Waals surface area contributed by atoms with E-state index in [2.05, 4.69) is 30.4 Å². The number of nitrogens with zero attached hydrogens (tertiary/aromatic N) is 6. The van der Waals surface area contributed by atoms with E-state index in [9.17, 15) is 31.5 Å². The van der Waals surface area contributed by atoms with Gasteiger partial charge in [-0.3, -0.25) is 14.3 Å². The number of hydrogen-bond acceptors (Lipinski definition) is 8. The number of aryl methyl sites for hydroxylation is 2. The third kappa shape index (κ3) is 3.86.